The van der Waals surface area contributed by atoms with E-state index in [2.05, 4.69) is 5.32 Å². The summed E-state index contributed by atoms with van der Waals surface area (Å²) in [5.41, 5.74) is 2.54. The maximum atomic E-state index is 12.9. The van der Waals surface area contributed by atoms with E-state index >= 15 is 0 Å². The molecule has 1 N–H and O–H groups in total. The Morgan fingerprint density at radius 1 is 0.862 bits per heavy atom. The predicted octanol–water partition coefficient (Wildman–Crippen LogP) is 4.73. The standard InChI is InChI=1S/C24H24N2O3/c1-2-26-23(25-22-14-7-6-13-21(22)24(26)27)18-9-8-12-20(17-18)29-16-15-28-19-10-4-3-5-11-19/h3-14,17,23,25H,2,15-16H2,1H3. The lowest BCUT2D eigenvalue weighted by Crippen LogP contribution is -2.42. The lowest BCUT2D eigenvalue weighted by Gasteiger charge is -2.37. The third kappa shape index (κ3) is 4.19. The molecule has 148 valence electrons. The van der Waals surface area contributed by atoms with E-state index in [-0.39, 0.29) is 12.1 Å². The Kier molecular flexibility index (Phi) is 5.66. The molecule has 0 saturated carbocycles. The van der Waals surface area contributed by atoms with Crippen LogP contribution in [0.4, 0.5) is 5.69 Å². The highest BCUT2D eigenvalue weighted by Gasteiger charge is 2.31. The van der Waals surface area contributed by atoms with Crippen LogP contribution in [0, 0.1) is 0 Å². The van der Waals surface area contributed by atoms with Gasteiger partial charge in [0.1, 0.15) is 30.9 Å². The zero-order valence-corrected chi connectivity index (χ0v) is 16.4. The van der Waals surface area contributed by atoms with Crippen molar-refractivity contribution < 1.29 is 14.3 Å². The summed E-state index contributed by atoms with van der Waals surface area (Å²) in [5, 5.41) is 3.49. The Hall–Kier alpha value is -3.47. The van der Waals surface area contributed by atoms with E-state index in [4.69, 9.17) is 9.47 Å². The molecule has 0 fully saturated rings. The summed E-state index contributed by atoms with van der Waals surface area (Å²) in [7, 11) is 0. The first-order valence-electron chi connectivity index (χ1n) is 9.83. The molecule has 1 aliphatic rings. The topological polar surface area (TPSA) is 50.8 Å². The van der Waals surface area contributed by atoms with Crippen molar-refractivity contribution >= 4 is 11.6 Å². The van der Waals surface area contributed by atoms with Crippen LogP contribution in [0.3, 0.4) is 0 Å². The molecule has 0 aromatic heterocycles. The Bertz CT molecular complexity index is 975. The maximum absolute atomic E-state index is 12.9. The number of carbonyl (C=O) groups excluding carboxylic acids is 1. The van der Waals surface area contributed by atoms with E-state index in [1.54, 1.807) is 0 Å². The highest BCUT2D eigenvalue weighted by molar-refractivity contribution is 6.01. The van der Waals surface area contributed by atoms with Gasteiger partial charge in [0.05, 0.1) is 5.56 Å². The molecule has 1 unspecified atom stereocenters. The third-order valence-electron chi connectivity index (χ3n) is 4.90. The molecule has 1 heterocycles. The molecule has 0 radical (unpaired) electrons. The molecule has 1 aliphatic heterocycles. The summed E-state index contributed by atoms with van der Waals surface area (Å²) in [6, 6.07) is 25.1. The van der Waals surface area contributed by atoms with Crippen molar-refractivity contribution in [2.45, 2.75) is 13.1 Å². The number of benzene rings is 3. The summed E-state index contributed by atoms with van der Waals surface area (Å²) in [4.78, 5) is 14.7. The van der Waals surface area contributed by atoms with Gasteiger partial charge in [-0.3, -0.25) is 4.79 Å². The number of rotatable bonds is 7. The summed E-state index contributed by atoms with van der Waals surface area (Å²) in [5.74, 6) is 1.62. The molecule has 5 nitrogen and oxygen atoms in total. The van der Waals surface area contributed by atoms with Crippen molar-refractivity contribution in [3.8, 4) is 11.5 Å². The van der Waals surface area contributed by atoms with Crippen molar-refractivity contribution in [2.75, 3.05) is 25.1 Å². The van der Waals surface area contributed by atoms with Crippen LogP contribution in [0.5, 0.6) is 11.5 Å². The number of anilines is 1. The van der Waals surface area contributed by atoms with Crippen molar-refractivity contribution in [3.63, 3.8) is 0 Å². The predicted molar refractivity (Wildman–Crippen MR) is 113 cm³/mol. The number of carbonyl (C=O) groups is 1. The van der Waals surface area contributed by atoms with Gasteiger partial charge in [-0.25, -0.2) is 0 Å². The van der Waals surface area contributed by atoms with Gasteiger partial charge < -0.3 is 19.7 Å². The van der Waals surface area contributed by atoms with Gasteiger partial charge in [0, 0.05) is 12.2 Å². The van der Waals surface area contributed by atoms with Gasteiger partial charge in [0.25, 0.3) is 5.91 Å². The summed E-state index contributed by atoms with van der Waals surface area (Å²) < 4.78 is 11.5. The second-order valence-electron chi connectivity index (χ2n) is 6.77. The SMILES string of the molecule is CCN1C(=O)c2ccccc2NC1c1cccc(OCCOc2ccccc2)c1. The minimum Gasteiger partial charge on any atom is -0.490 e. The summed E-state index contributed by atoms with van der Waals surface area (Å²) in [6.45, 7) is 3.50. The van der Waals surface area contributed by atoms with Crippen molar-refractivity contribution in [2.24, 2.45) is 0 Å². The molecular weight excluding hydrogens is 364 g/mol. The van der Waals surface area contributed by atoms with Crippen LogP contribution >= 0.6 is 0 Å². The van der Waals surface area contributed by atoms with Crippen LogP contribution in [-0.2, 0) is 0 Å². The van der Waals surface area contributed by atoms with Crippen LogP contribution in [-0.4, -0.2) is 30.6 Å². The van der Waals surface area contributed by atoms with Crippen molar-refractivity contribution in [3.05, 3.63) is 90.0 Å². The number of ether oxygens (including phenoxy) is 2. The Labute approximate surface area is 170 Å². The summed E-state index contributed by atoms with van der Waals surface area (Å²) in [6.07, 6.45) is -0.230. The minimum atomic E-state index is -0.230. The maximum Gasteiger partial charge on any atom is 0.257 e. The number of hydrogen-bond donors (Lipinski definition) is 1. The molecule has 1 atom stereocenters. The van der Waals surface area contributed by atoms with Gasteiger partial charge in [0.15, 0.2) is 0 Å². The van der Waals surface area contributed by atoms with Crippen molar-refractivity contribution in [1.82, 2.24) is 4.90 Å². The second-order valence-corrected chi connectivity index (χ2v) is 6.77. The van der Waals surface area contributed by atoms with E-state index in [0.29, 0.717) is 25.3 Å². The fraction of sp³-hybridized carbons (Fsp3) is 0.208. The number of fused-ring (bicyclic) bond motifs is 1. The lowest BCUT2D eigenvalue weighted by molar-refractivity contribution is 0.0694. The van der Waals surface area contributed by atoms with E-state index in [0.717, 1.165) is 22.7 Å². The highest BCUT2D eigenvalue weighted by Crippen LogP contribution is 2.33. The van der Waals surface area contributed by atoms with Crippen molar-refractivity contribution in [1.29, 1.82) is 0 Å². The number of amides is 1. The second kappa shape index (κ2) is 8.69. The first-order chi connectivity index (χ1) is 14.3. The average Bonchev–Trinajstić information content (AvgIpc) is 2.78. The van der Waals surface area contributed by atoms with Crippen LogP contribution in [0.2, 0.25) is 0 Å². The quantitative estimate of drug-likeness (QED) is 0.595. The van der Waals surface area contributed by atoms with Gasteiger partial charge in [-0.2, -0.15) is 0 Å². The molecule has 5 heteroatoms. The van der Waals surface area contributed by atoms with Gasteiger partial charge in [0.2, 0.25) is 0 Å². The molecule has 0 spiro atoms. The lowest BCUT2D eigenvalue weighted by atomic mass is 10.0. The number of para-hydroxylation sites is 2. The molecular formula is C24H24N2O3. The highest BCUT2D eigenvalue weighted by atomic mass is 16.5. The van der Waals surface area contributed by atoms with Crippen LogP contribution in [0.15, 0.2) is 78.9 Å². The van der Waals surface area contributed by atoms with Crippen LogP contribution in [0.25, 0.3) is 0 Å². The normalized spacial score (nSPS) is 15.4. The number of nitrogens with one attached hydrogen (secondary N) is 1. The molecule has 3 aromatic rings. The number of hydrogen-bond acceptors (Lipinski definition) is 4. The van der Waals surface area contributed by atoms with E-state index < -0.39 is 0 Å². The van der Waals surface area contributed by atoms with Gasteiger partial charge in [-0.1, -0.05) is 42.5 Å². The Balaban J connectivity index is 1.44. The molecule has 29 heavy (non-hydrogen) atoms. The Morgan fingerprint density at radius 2 is 1.55 bits per heavy atom. The zero-order valence-electron chi connectivity index (χ0n) is 16.4. The first-order valence-corrected chi connectivity index (χ1v) is 9.83. The third-order valence-corrected chi connectivity index (χ3v) is 4.90. The summed E-state index contributed by atoms with van der Waals surface area (Å²) >= 11 is 0. The molecule has 0 aliphatic carbocycles. The average molecular weight is 388 g/mol. The molecule has 0 bridgehead atoms. The monoisotopic (exact) mass is 388 g/mol. The fourth-order valence-electron chi connectivity index (χ4n) is 3.49. The van der Waals surface area contributed by atoms with Gasteiger partial charge in [-0.15, -0.1) is 0 Å². The van der Waals surface area contributed by atoms with Crippen LogP contribution in [0.1, 0.15) is 29.0 Å². The smallest absolute Gasteiger partial charge is 0.257 e. The number of nitrogens with zero attached hydrogens (tertiary/aromatic N) is 1. The van der Waals surface area contributed by atoms with E-state index in [9.17, 15) is 4.79 Å². The van der Waals surface area contributed by atoms with E-state index in [1.807, 2.05) is 90.7 Å². The minimum absolute atomic E-state index is 0.0365. The molecule has 3 aromatic carbocycles. The fourth-order valence-corrected chi connectivity index (χ4v) is 3.49. The molecule has 0 saturated heterocycles. The van der Waals surface area contributed by atoms with E-state index in [1.165, 1.54) is 0 Å². The van der Waals surface area contributed by atoms with Gasteiger partial charge >= 0.3 is 0 Å². The van der Waals surface area contributed by atoms with Gasteiger partial charge in [-0.05, 0) is 48.9 Å². The Morgan fingerprint density at radius 3 is 2.34 bits per heavy atom. The molecule has 4 rings (SSSR count). The van der Waals surface area contributed by atoms with Crippen LogP contribution < -0.4 is 14.8 Å². The molecule has 1 amide bonds. The first kappa shape index (κ1) is 18.9. The zero-order chi connectivity index (χ0) is 20.1. The largest absolute Gasteiger partial charge is 0.490 e.